The third-order valence-electron chi connectivity index (χ3n) is 3.96. The fourth-order valence-electron chi connectivity index (χ4n) is 2.60. The summed E-state index contributed by atoms with van der Waals surface area (Å²) in [4.78, 5) is 16.6. The number of benzene rings is 1. The molecule has 1 N–H and O–H groups in total. The highest BCUT2D eigenvalue weighted by molar-refractivity contribution is 7.99. The molecule has 0 bridgehead atoms. The lowest BCUT2D eigenvalue weighted by Gasteiger charge is -2.25. The lowest BCUT2D eigenvalue weighted by molar-refractivity contribution is -0.126. The zero-order valence-electron chi connectivity index (χ0n) is 13.8. The molecule has 3 rings (SSSR count). The number of hydrogen-bond acceptors (Lipinski definition) is 5. The average Bonchev–Trinajstić information content (AvgIpc) is 3.02. The lowest BCUT2D eigenvalue weighted by atomic mass is 9.96. The highest BCUT2D eigenvalue weighted by atomic mass is 32.2. The van der Waals surface area contributed by atoms with Gasteiger partial charge in [-0.15, -0.1) is 0 Å². The highest BCUT2D eigenvalue weighted by Gasteiger charge is 2.26. The van der Waals surface area contributed by atoms with Crippen LogP contribution in [0.15, 0.2) is 35.7 Å². The zero-order valence-corrected chi connectivity index (χ0v) is 14.6. The monoisotopic (exact) mass is 347 g/mol. The van der Waals surface area contributed by atoms with Gasteiger partial charge in [0.2, 0.25) is 5.91 Å². The predicted octanol–water partition coefficient (Wildman–Crippen LogP) is 1.89. The fraction of sp³-hybridized carbons (Fsp3) is 0.412. The zero-order chi connectivity index (χ0) is 16.9. The largest absolute Gasteiger partial charge is 0.497 e. The Kier molecular flexibility index (Phi) is 5.30. The third-order valence-corrected chi connectivity index (χ3v) is 5.02. The molecule has 0 spiro atoms. The average molecular weight is 347 g/mol. The van der Waals surface area contributed by atoms with E-state index in [1.54, 1.807) is 25.1 Å². The van der Waals surface area contributed by atoms with Crippen molar-refractivity contribution in [3.05, 3.63) is 36.2 Å². The topological polar surface area (TPSA) is 65.4 Å². The van der Waals surface area contributed by atoms with E-state index in [0.29, 0.717) is 19.6 Å². The molecule has 0 aliphatic carbocycles. The van der Waals surface area contributed by atoms with E-state index in [4.69, 9.17) is 9.47 Å². The molecule has 24 heavy (non-hydrogen) atoms. The van der Waals surface area contributed by atoms with Crippen molar-refractivity contribution in [1.82, 2.24) is 14.9 Å². The summed E-state index contributed by atoms with van der Waals surface area (Å²) in [5.41, 5.74) is 1.05. The van der Waals surface area contributed by atoms with E-state index in [1.807, 2.05) is 36.0 Å². The van der Waals surface area contributed by atoms with Gasteiger partial charge in [-0.2, -0.15) is 0 Å². The summed E-state index contributed by atoms with van der Waals surface area (Å²) < 4.78 is 12.9. The van der Waals surface area contributed by atoms with Gasteiger partial charge in [0.1, 0.15) is 18.1 Å². The van der Waals surface area contributed by atoms with Crippen molar-refractivity contribution < 1.29 is 14.3 Å². The summed E-state index contributed by atoms with van der Waals surface area (Å²) in [5, 5.41) is 3.94. The molecule has 128 valence electrons. The van der Waals surface area contributed by atoms with Crippen molar-refractivity contribution in [3.63, 3.8) is 0 Å². The summed E-state index contributed by atoms with van der Waals surface area (Å²) in [6.45, 7) is 1.01. The number of hydrogen-bond donors (Lipinski definition) is 1. The Hall–Kier alpha value is -2.15. The van der Waals surface area contributed by atoms with Gasteiger partial charge >= 0.3 is 0 Å². The van der Waals surface area contributed by atoms with Crippen LogP contribution in [-0.2, 0) is 18.3 Å². The SMILES string of the molecule is COc1ccc2c(c1)OCC(C(=O)NCCSc1nccn1C)C2. The fourth-order valence-corrected chi connectivity index (χ4v) is 3.39. The second-order valence-corrected chi connectivity index (χ2v) is 6.71. The molecule has 1 aliphatic heterocycles. The van der Waals surface area contributed by atoms with Gasteiger partial charge in [0, 0.05) is 37.8 Å². The second-order valence-electron chi connectivity index (χ2n) is 5.65. The van der Waals surface area contributed by atoms with Crippen molar-refractivity contribution in [2.45, 2.75) is 11.6 Å². The molecule has 1 unspecified atom stereocenters. The van der Waals surface area contributed by atoms with E-state index in [2.05, 4.69) is 10.3 Å². The Labute approximate surface area is 145 Å². The first-order valence-corrected chi connectivity index (χ1v) is 8.83. The Morgan fingerprint density at radius 3 is 3.17 bits per heavy atom. The predicted molar refractivity (Wildman–Crippen MR) is 92.6 cm³/mol. The van der Waals surface area contributed by atoms with E-state index in [9.17, 15) is 4.79 Å². The van der Waals surface area contributed by atoms with E-state index in [0.717, 1.165) is 28.0 Å². The quantitative estimate of drug-likeness (QED) is 0.638. The molecule has 0 saturated heterocycles. The number of amides is 1. The minimum atomic E-state index is -0.149. The summed E-state index contributed by atoms with van der Waals surface area (Å²) in [6.07, 6.45) is 4.37. The first-order valence-electron chi connectivity index (χ1n) is 7.85. The Bertz CT molecular complexity index is 717. The minimum absolute atomic E-state index is 0.0388. The number of aromatic nitrogens is 2. The third kappa shape index (κ3) is 3.84. The van der Waals surface area contributed by atoms with Gasteiger partial charge in [0.15, 0.2) is 5.16 Å². The van der Waals surface area contributed by atoms with E-state index in [-0.39, 0.29) is 11.8 Å². The van der Waals surface area contributed by atoms with E-state index >= 15 is 0 Å². The number of ether oxygens (including phenoxy) is 2. The molecule has 1 atom stereocenters. The van der Waals surface area contributed by atoms with Gasteiger partial charge in [-0.05, 0) is 18.1 Å². The van der Waals surface area contributed by atoms with Gasteiger partial charge in [-0.1, -0.05) is 17.8 Å². The smallest absolute Gasteiger partial charge is 0.226 e. The number of carbonyl (C=O) groups is 1. The number of imidazole rings is 1. The number of aryl methyl sites for hydroxylation is 1. The van der Waals surface area contributed by atoms with Gasteiger partial charge in [-0.25, -0.2) is 4.98 Å². The molecule has 1 aromatic carbocycles. The maximum atomic E-state index is 12.3. The Morgan fingerprint density at radius 1 is 1.54 bits per heavy atom. The van der Waals surface area contributed by atoms with Gasteiger partial charge < -0.3 is 19.4 Å². The number of thioether (sulfide) groups is 1. The van der Waals surface area contributed by atoms with Crippen LogP contribution in [0.2, 0.25) is 0 Å². The highest BCUT2D eigenvalue weighted by Crippen LogP contribution is 2.31. The van der Waals surface area contributed by atoms with Crippen LogP contribution in [0.3, 0.4) is 0 Å². The molecule has 6 nitrogen and oxygen atoms in total. The van der Waals surface area contributed by atoms with Gasteiger partial charge in [0.05, 0.1) is 13.0 Å². The molecule has 0 saturated carbocycles. The van der Waals surface area contributed by atoms with Crippen LogP contribution < -0.4 is 14.8 Å². The molecule has 1 amide bonds. The van der Waals surface area contributed by atoms with Crippen LogP contribution in [0.4, 0.5) is 0 Å². The standard InChI is InChI=1S/C17H21N3O3S/c1-20-7-5-19-17(20)24-8-6-18-16(21)13-9-12-3-4-14(22-2)10-15(12)23-11-13/h3-5,7,10,13H,6,8-9,11H2,1-2H3,(H,18,21). The minimum Gasteiger partial charge on any atom is -0.497 e. The Morgan fingerprint density at radius 2 is 2.42 bits per heavy atom. The second kappa shape index (κ2) is 7.61. The van der Waals surface area contributed by atoms with Gasteiger partial charge in [-0.3, -0.25) is 4.79 Å². The summed E-state index contributed by atoms with van der Waals surface area (Å²) in [5.74, 6) is 2.26. The molecule has 1 aromatic heterocycles. The van der Waals surface area contributed by atoms with E-state index < -0.39 is 0 Å². The maximum Gasteiger partial charge on any atom is 0.226 e. The summed E-state index contributed by atoms with van der Waals surface area (Å²) in [7, 11) is 3.59. The van der Waals surface area contributed by atoms with Crippen molar-refractivity contribution >= 4 is 17.7 Å². The van der Waals surface area contributed by atoms with Crippen molar-refractivity contribution in [3.8, 4) is 11.5 Å². The molecule has 1 aliphatic rings. The molecule has 7 heteroatoms. The molecular weight excluding hydrogens is 326 g/mol. The number of rotatable bonds is 6. The Balaban J connectivity index is 1.46. The number of carbonyl (C=O) groups excluding carboxylic acids is 1. The molecule has 2 aromatic rings. The molecule has 2 heterocycles. The molecule has 0 fully saturated rings. The van der Waals surface area contributed by atoms with Crippen LogP contribution in [-0.4, -0.2) is 41.5 Å². The van der Waals surface area contributed by atoms with E-state index in [1.165, 1.54) is 0 Å². The lowest BCUT2D eigenvalue weighted by Crippen LogP contribution is -2.38. The summed E-state index contributed by atoms with van der Waals surface area (Å²) >= 11 is 1.63. The summed E-state index contributed by atoms with van der Waals surface area (Å²) in [6, 6.07) is 5.73. The van der Waals surface area contributed by atoms with Crippen LogP contribution in [0.5, 0.6) is 11.5 Å². The van der Waals surface area contributed by atoms with Crippen molar-refractivity contribution in [1.29, 1.82) is 0 Å². The van der Waals surface area contributed by atoms with Crippen LogP contribution in [0, 0.1) is 5.92 Å². The van der Waals surface area contributed by atoms with Gasteiger partial charge in [0.25, 0.3) is 0 Å². The number of nitrogens with one attached hydrogen (secondary N) is 1. The molecular formula is C17H21N3O3S. The number of fused-ring (bicyclic) bond motifs is 1. The first-order chi connectivity index (χ1) is 11.7. The van der Waals surface area contributed by atoms with Crippen LogP contribution in [0.25, 0.3) is 0 Å². The number of nitrogens with zero attached hydrogens (tertiary/aromatic N) is 2. The van der Waals surface area contributed by atoms with Crippen LogP contribution in [0.1, 0.15) is 5.56 Å². The first kappa shape index (κ1) is 16.7. The number of methoxy groups -OCH3 is 1. The maximum absolute atomic E-state index is 12.3. The van der Waals surface area contributed by atoms with Crippen molar-refractivity contribution in [2.24, 2.45) is 13.0 Å². The van der Waals surface area contributed by atoms with Crippen molar-refractivity contribution in [2.75, 3.05) is 26.0 Å². The molecule has 0 radical (unpaired) electrons. The van der Waals surface area contributed by atoms with Crippen LogP contribution >= 0.6 is 11.8 Å². The normalized spacial score (nSPS) is 16.2.